The van der Waals surface area contributed by atoms with Gasteiger partial charge in [0.1, 0.15) is 0 Å². The Morgan fingerprint density at radius 2 is 1.44 bits per heavy atom. The first-order valence-corrected chi connectivity index (χ1v) is 11.7. The SMILES string of the molecule is Cc1ccc(C(=O)NNC(=O)[C@H](C)Sc2nnc(-c3ccc(C)cc3)n2-c2ccccc2)cc1. The summed E-state index contributed by atoms with van der Waals surface area (Å²) in [5.41, 5.74) is 9.48. The molecular formula is C26H25N5O2S. The highest BCUT2D eigenvalue weighted by Crippen LogP contribution is 2.30. The van der Waals surface area contributed by atoms with E-state index in [4.69, 9.17) is 0 Å². The van der Waals surface area contributed by atoms with Crippen molar-refractivity contribution in [1.82, 2.24) is 25.6 Å². The standard InChI is InChI=1S/C26H25N5O2S/c1-17-9-13-20(14-10-17)23-27-30-26(31(23)22-7-5-4-6-8-22)34-19(3)24(32)28-29-25(33)21-15-11-18(2)12-16-21/h4-16,19H,1-3H3,(H,28,32)(H,29,33)/t19-/m0/s1. The summed E-state index contributed by atoms with van der Waals surface area (Å²) in [5, 5.41) is 8.84. The lowest BCUT2D eigenvalue weighted by Gasteiger charge is -2.14. The van der Waals surface area contributed by atoms with Gasteiger partial charge in [-0.15, -0.1) is 10.2 Å². The summed E-state index contributed by atoms with van der Waals surface area (Å²) < 4.78 is 1.93. The number of carbonyl (C=O) groups excluding carboxylic acids is 2. The molecule has 172 valence electrons. The number of rotatable bonds is 6. The molecule has 4 aromatic rings. The van der Waals surface area contributed by atoms with E-state index in [-0.39, 0.29) is 11.8 Å². The molecule has 34 heavy (non-hydrogen) atoms. The number of para-hydroxylation sites is 1. The summed E-state index contributed by atoms with van der Waals surface area (Å²) in [5.74, 6) is -0.0291. The van der Waals surface area contributed by atoms with Gasteiger partial charge in [0, 0.05) is 16.8 Å². The van der Waals surface area contributed by atoms with Crippen LogP contribution in [0.5, 0.6) is 0 Å². The van der Waals surface area contributed by atoms with E-state index in [1.807, 2.05) is 85.1 Å². The van der Waals surface area contributed by atoms with Gasteiger partial charge in [-0.2, -0.15) is 0 Å². The second-order valence-electron chi connectivity index (χ2n) is 7.91. The van der Waals surface area contributed by atoms with Crippen molar-refractivity contribution in [2.75, 3.05) is 0 Å². The fourth-order valence-electron chi connectivity index (χ4n) is 3.25. The Morgan fingerprint density at radius 1 is 0.824 bits per heavy atom. The Bertz CT molecular complexity index is 1290. The number of benzene rings is 3. The van der Waals surface area contributed by atoms with Gasteiger partial charge in [0.2, 0.25) is 0 Å². The predicted octanol–water partition coefficient (Wildman–Crippen LogP) is 4.49. The molecule has 0 unspecified atom stereocenters. The molecule has 1 aromatic heterocycles. The van der Waals surface area contributed by atoms with Crippen molar-refractivity contribution in [3.8, 4) is 17.1 Å². The third-order valence-electron chi connectivity index (χ3n) is 5.22. The van der Waals surface area contributed by atoms with Crippen molar-refractivity contribution < 1.29 is 9.59 Å². The van der Waals surface area contributed by atoms with Crippen LogP contribution < -0.4 is 10.9 Å². The van der Waals surface area contributed by atoms with Crippen LogP contribution in [0.2, 0.25) is 0 Å². The second-order valence-corrected chi connectivity index (χ2v) is 9.22. The number of nitrogens with one attached hydrogen (secondary N) is 2. The van der Waals surface area contributed by atoms with E-state index >= 15 is 0 Å². The van der Waals surface area contributed by atoms with Gasteiger partial charge < -0.3 is 0 Å². The fraction of sp³-hybridized carbons (Fsp3) is 0.154. The molecule has 0 spiro atoms. The first-order valence-electron chi connectivity index (χ1n) is 10.8. The maximum atomic E-state index is 12.7. The van der Waals surface area contributed by atoms with E-state index in [0.29, 0.717) is 16.5 Å². The molecular weight excluding hydrogens is 446 g/mol. The number of thioether (sulfide) groups is 1. The average Bonchev–Trinajstić information content (AvgIpc) is 3.27. The largest absolute Gasteiger partial charge is 0.272 e. The summed E-state index contributed by atoms with van der Waals surface area (Å²) in [4.78, 5) is 25.0. The molecule has 2 N–H and O–H groups in total. The summed E-state index contributed by atoms with van der Waals surface area (Å²) >= 11 is 1.27. The van der Waals surface area contributed by atoms with E-state index in [9.17, 15) is 9.59 Å². The minimum absolute atomic E-state index is 0.343. The molecule has 4 rings (SSSR count). The fourth-order valence-corrected chi connectivity index (χ4v) is 4.12. The minimum Gasteiger partial charge on any atom is -0.272 e. The summed E-state index contributed by atoms with van der Waals surface area (Å²) in [7, 11) is 0. The third kappa shape index (κ3) is 5.35. The van der Waals surface area contributed by atoms with Crippen molar-refractivity contribution in [2.45, 2.75) is 31.2 Å². The number of amides is 2. The lowest BCUT2D eigenvalue weighted by atomic mass is 10.1. The molecule has 1 heterocycles. The zero-order chi connectivity index (χ0) is 24.1. The Morgan fingerprint density at radius 3 is 2.09 bits per heavy atom. The molecule has 0 saturated heterocycles. The van der Waals surface area contributed by atoms with Crippen LogP contribution >= 0.6 is 11.8 Å². The topological polar surface area (TPSA) is 88.9 Å². The molecule has 2 amide bonds. The van der Waals surface area contributed by atoms with Crippen LogP contribution in [0.15, 0.2) is 84.0 Å². The Labute approximate surface area is 202 Å². The molecule has 0 saturated carbocycles. The third-order valence-corrected chi connectivity index (χ3v) is 6.26. The van der Waals surface area contributed by atoms with Crippen molar-refractivity contribution in [3.05, 3.63) is 95.6 Å². The quantitative estimate of drug-likeness (QED) is 0.319. The lowest BCUT2D eigenvalue weighted by Crippen LogP contribution is -2.45. The number of aromatic nitrogens is 3. The molecule has 0 aliphatic heterocycles. The van der Waals surface area contributed by atoms with Crippen LogP contribution in [0.25, 0.3) is 17.1 Å². The van der Waals surface area contributed by atoms with Crippen LogP contribution in [0.1, 0.15) is 28.4 Å². The number of hydrogen-bond donors (Lipinski definition) is 2. The highest BCUT2D eigenvalue weighted by molar-refractivity contribution is 8.00. The first-order chi connectivity index (χ1) is 16.4. The summed E-state index contributed by atoms with van der Waals surface area (Å²) in [6.45, 7) is 5.74. The Hall–Kier alpha value is -3.91. The second kappa shape index (κ2) is 10.4. The highest BCUT2D eigenvalue weighted by Gasteiger charge is 2.22. The van der Waals surface area contributed by atoms with E-state index in [1.165, 1.54) is 11.8 Å². The summed E-state index contributed by atoms with van der Waals surface area (Å²) in [6, 6.07) is 24.9. The van der Waals surface area contributed by atoms with E-state index in [0.717, 1.165) is 22.4 Å². The van der Waals surface area contributed by atoms with Crippen LogP contribution in [0.3, 0.4) is 0 Å². The van der Waals surface area contributed by atoms with Crippen LogP contribution in [-0.2, 0) is 4.79 Å². The highest BCUT2D eigenvalue weighted by atomic mass is 32.2. The Balaban J connectivity index is 1.51. The monoisotopic (exact) mass is 471 g/mol. The number of aryl methyl sites for hydroxylation is 2. The van der Waals surface area contributed by atoms with E-state index in [1.54, 1.807) is 19.1 Å². The van der Waals surface area contributed by atoms with Gasteiger partial charge in [0.05, 0.1) is 5.25 Å². The molecule has 7 nitrogen and oxygen atoms in total. The van der Waals surface area contributed by atoms with Crippen LogP contribution in [-0.4, -0.2) is 31.8 Å². The lowest BCUT2D eigenvalue weighted by molar-refractivity contribution is -0.121. The molecule has 0 fully saturated rings. The first kappa shape index (κ1) is 23.3. The van der Waals surface area contributed by atoms with Crippen molar-refractivity contribution >= 4 is 23.6 Å². The van der Waals surface area contributed by atoms with Crippen molar-refractivity contribution in [2.24, 2.45) is 0 Å². The predicted molar refractivity (Wildman–Crippen MR) is 134 cm³/mol. The van der Waals surface area contributed by atoms with Gasteiger partial charge in [-0.1, -0.05) is 77.5 Å². The smallest absolute Gasteiger partial charge is 0.269 e. The van der Waals surface area contributed by atoms with Gasteiger partial charge in [0.15, 0.2) is 11.0 Å². The van der Waals surface area contributed by atoms with Gasteiger partial charge in [0.25, 0.3) is 11.8 Å². The number of hydrogen-bond acceptors (Lipinski definition) is 5. The van der Waals surface area contributed by atoms with Crippen LogP contribution in [0.4, 0.5) is 0 Å². The number of nitrogens with zero attached hydrogens (tertiary/aromatic N) is 3. The minimum atomic E-state index is -0.532. The van der Waals surface area contributed by atoms with Crippen molar-refractivity contribution in [3.63, 3.8) is 0 Å². The molecule has 0 aliphatic carbocycles. The average molecular weight is 472 g/mol. The number of hydrazine groups is 1. The van der Waals surface area contributed by atoms with Gasteiger partial charge in [-0.25, -0.2) is 0 Å². The van der Waals surface area contributed by atoms with E-state index in [2.05, 4.69) is 21.0 Å². The van der Waals surface area contributed by atoms with E-state index < -0.39 is 5.25 Å². The van der Waals surface area contributed by atoms with Gasteiger partial charge >= 0.3 is 0 Å². The maximum absolute atomic E-state index is 12.7. The zero-order valence-corrected chi connectivity index (χ0v) is 20.0. The molecule has 0 aliphatic rings. The normalized spacial score (nSPS) is 11.6. The van der Waals surface area contributed by atoms with Gasteiger partial charge in [-0.05, 0) is 45.0 Å². The van der Waals surface area contributed by atoms with Crippen molar-refractivity contribution in [1.29, 1.82) is 0 Å². The molecule has 3 aromatic carbocycles. The zero-order valence-electron chi connectivity index (χ0n) is 19.1. The van der Waals surface area contributed by atoms with Crippen LogP contribution in [0, 0.1) is 13.8 Å². The Kier molecular flexibility index (Phi) is 7.08. The molecule has 0 bridgehead atoms. The maximum Gasteiger partial charge on any atom is 0.269 e. The molecule has 0 radical (unpaired) electrons. The van der Waals surface area contributed by atoms with Gasteiger partial charge in [-0.3, -0.25) is 25.0 Å². The summed E-state index contributed by atoms with van der Waals surface area (Å²) in [6.07, 6.45) is 0. The molecule has 8 heteroatoms. The molecule has 1 atom stereocenters. The number of carbonyl (C=O) groups is 2.